The first kappa shape index (κ1) is 22.9. The van der Waals surface area contributed by atoms with Crippen LogP contribution in [-0.2, 0) is 6.61 Å². The first-order valence-corrected chi connectivity index (χ1v) is 10.2. The summed E-state index contributed by atoms with van der Waals surface area (Å²) in [5.74, 6) is -6.37. The minimum Gasteiger partial charge on any atom is -0.504 e. The normalized spacial score (nSPS) is 11.1. The zero-order chi connectivity index (χ0) is 24.7. The predicted molar refractivity (Wildman–Crippen MR) is 114 cm³/mol. The van der Waals surface area contributed by atoms with E-state index in [1.54, 1.807) is 0 Å². The van der Waals surface area contributed by atoms with Crippen molar-refractivity contribution >= 4 is 28.2 Å². The van der Waals surface area contributed by atoms with Crippen LogP contribution in [0.5, 0.6) is 17.2 Å². The third-order valence-electron chi connectivity index (χ3n) is 4.86. The number of thiophene rings is 1. The van der Waals surface area contributed by atoms with E-state index in [1.165, 1.54) is 12.5 Å². The maximum absolute atomic E-state index is 14.7. The van der Waals surface area contributed by atoms with Crippen LogP contribution < -0.4 is 20.7 Å². The van der Waals surface area contributed by atoms with E-state index >= 15 is 0 Å². The molecule has 0 unspecified atom stereocenters. The Morgan fingerprint density at radius 2 is 1.88 bits per heavy atom. The fourth-order valence-electron chi connectivity index (χ4n) is 3.28. The van der Waals surface area contributed by atoms with Gasteiger partial charge in [-0.05, 0) is 12.1 Å². The number of phenolic OH excluding ortho intramolecular Hbond substituents is 1. The lowest BCUT2D eigenvalue weighted by Gasteiger charge is -2.14. The fraction of sp³-hybridized carbons (Fsp3) is 0.0952. The molecule has 0 bridgehead atoms. The molecule has 176 valence electrons. The molecule has 2 heterocycles. The third-order valence-corrected chi connectivity index (χ3v) is 5.83. The quantitative estimate of drug-likeness (QED) is 0.375. The fourth-order valence-corrected chi connectivity index (χ4v) is 4.11. The minimum atomic E-state index is -1.42. The molecule has 9 nitrogen and oxygen atoms in total. The molecule has 0 spiro atoms. The monoisotopic (exact) mass is 494 g/mol. The summed E-state index contributed by atoms with van der Waals surface area (Å²) in [5.41, 5.74) is -3.26. The number of H-pyrrole nitrogens is 1. The number of phenols is 1. The molecule has 0 radical (unpaired) electrons. The van der Waals surface area contributed by atoms with Crippen molar-refractivity contribution in [3.63, 3.8) is 0 Å². The second kappa shape index (κ2) is 8.59. The van der Waals surface area contributed by atoms with Crippen LogP contribution in [0.4, 0.5) is 13.2 Å². The number of aromatic hydroxyl groups is 1. The summed E-state index contributed by atoms with van der Waals surface area (Å²) in [7, 11) is 1.22. The number of nitrogens with one attached hydrogen (secondary N) is 1. The lowest BCUT2D eigenvalue weighted by atomic mass is 10.2. The molecule has 4 aromatic rings. The summed E-state index contributed by atoms with van der Waals surface area (Å²) in [6.45, 7) is -0.663. The van der Waals surface area contributed by atoms with Gasteiger partial charge in [-0.2, -0.15) is 0 Å². The van der Waals surface area contributed by atoms with Crippen molar-refractivity contribution in [1.82, 2.24) is 9.55 Å². The molecule has 2 aromatic carbocycles. The Hall–Kier alpha value is -4.26. The van der Waals surface area contributed by atoms with Gasteiger partial charge in [0.15, 0.2) is 29.0 Å². The Bertz CT molecular complexity index is 1580. The van der Waals surface area contributed by atoms with Crippen molar-refractivity contribution in [1.29, 1.82) is 0 Å². The number of hydrogen-bond donors (Lipinski definition) is 3. The van der Waals surface area contributed by atoms with Crippen molar-refractivity contribution in [3.8, 4) is 22.9 Å². The zero-order valence-corrected chi connectivity index (χ0v) is 17.8. The highest BCUT2D eigenvalue weighted by Crippen LogP contribution is 2.33. The number of methoxy groups -OCH3 is 1. The van der Waals surface area contributed by atoms with Crippen molar-refractivity contribution < 1.29 is 37.7 Å². The number of benzene rings is 2. The number of rotatable bonds is 6. The number of carboxylic acid groups (broad SMARTS) is 1. The molecule has 0 aliphatic rings. The number of nitrogens with zero attached hydrogens (tertiary/aromatic N) is 1. The number of aromatic nitrogens is 2. The van der Waals surface area contributed by atoms with E-state index < -0.39 is 58.5 Å². The van der Waals surface area contributed by atoms with Crippen LogP contribution >= 0.6 is 11.3 Å². The second-order valence-corrected chi connectivity index (χ2v) is 7.71. The van der Waals surface area contributed by atoms with Crippen LogP contribution in [0.3, 0.4) is 0 Å². The predicted octanol–water partition coefficient (Wildman–Crippen LogP) is 3.15. The van der Waals surface area contributed by atoms with Gasteiger partial charge in [0.05, 0.1) is 29.3 Å². The lowest BCUT2D eigenvalue weighted by Crippen LogP contribution is -2.34. The molecule has 0 amide bonds. The maximum Gasteiger partial charge on any atom is 0.346 e. The van der Waals surface area contributed by atoms with E-state index in [1.807, 2.05) is 0 Å². The number of aromatic amines is 1. The third kappa shape index (κ3) is 3.75. The van der Waals surface area contributed by atoms with Gasteiger partial charge in [-0.1, -0.05) is 0 Å². The van der Waals surface area contributed by atoms with E-state index in [4.69, 9.17) is 9.47 Å². The highest BCUT2D eigenvalue weighted by Gasteiger charge is 2.22. The number of hydrogen-bond acceptors (Lipinski definition) is 7. The standard InChI is InChI=1S/C21H13F3N2O7S/c1-32-14-3-2-9(22)17(24)8(14)6-33-15-5-12(10(23)4-13(15)27)26-19(28)16-11(25-21(26)31)7-34-18(16)20(29)30/h2-5,7,27H,6H2,1H3,(H,25,31)(H,29,30). The first-order valence-electron chi connectivity index (χ1n) is 9.30. The molecule has 0 aliphatic heterocycles. The summed E-state index contributed by atoms with van der Waals surface area (Å²) in [6, 6.07) is 3.34. The molecular formula is C21H13F3N2O7S. The molecule has 3 N–H and O–H groups in total. The Kier molecular flexibility index (Phi) is 5.79. The molecule has 0 aliphatic carbocycles. The van der Waals surface area contributed by atoms with Crippen molar-refractivity contribution in [2.24, 2.45) is 0 Å². The van der Waals surface area contributed by atoms with Gasteiger partial charge in [-0.15, -0.1) is 11.3 Å². The van der Waals surface area contributed by atoms with E-state index in [2.05, 4.69) is 4.98 Å². The van der Waals surface area contributed by atoms with Gasteiger partial charge in [-0.25, -0.2) is 27.3 Å². The van der Waals surface area contributed by atoms with Gasteiger partial charge in [0.2, 0.25) is 0 Å². The first-order chi connectivity index (χ1) is 16.1. The van der Waals surface area contributed by atoms with Gasteiger partial charge in [0.1, 0.15) is 17.2 Å². The molecule has 0 saturated heterocycles. The van der Waals surface area contributed by atoms with Crippen LogP contribution in [0.1, 0.15) is 15.2 Å². The van der Waals surface area contributed by atoms with Crippen molar-refractivity contribution in [2.75, 3.05) is 7.11 Å². The molecule has 2 aromatic heterocycles. The minimum absolute atomic E-state index is 0.0435. The Balaban J connectivity index is 1.83. The molecule has 13 heteroatoms. The number of halogens is 3. The van der Waals surface area contributed by atoms with E-state index in [0.29, 0.717) is 22.0 Å². The zero-order valence-electron chi connectivity index (χ0n) is 17.0. The van der Waals surface area contributed by atoms with Crippen LogP contribution in [-0.4, -0.2) is 32.8 Å². The number of ether oxygens (including phenoxy) is 2. The van der Waals surface area contributed by atoms with Crippen LogP contribution in [0.2, 0.25) is 0 Å². The number of carbonyl (C=O) groups is 1. The average molecular weight is 494 g/mol. The van der Waals surface area contributed by atoms with Crippen molar-refractivity contribution in [2.45, 2.75) is 6.61 Å². The van der Waals surface area contributed by atoms with Gasteiger partial charge in [0.25, 0.3) is 5.56 Å². The molecule has 34 heavy (non-hydrogen) atoms. The molecule has 0 fully saturated rings. The van der Waals surface area contributed by atoms with Crippen LogP contribution in [0, 0.1) is 17.5 Å². The summed E-state index contributed by atoms with van der Waals surface area (Å²) < 4.78 is 53.1. The maximum atomic E-state index is 14.7. The summed E-state index contributed by atoms with van der Waals surface area (Å²) in [6.07, 6.45) is 0. The van der Waals surface area contributed by atoms with E-state index in [-0.39, 0.29) is 27.1 Å². The summed E-state index contributed by atoms with van der Waals surface area (Å²) in [5, 5.41) is 20.3. The van der Waals surface area contributed by atoms with E-state index in [0.717, 1.165) is 18.2 Å². The SMILES string of the molecule is COc1ccc(F)c(F)c1COc1cc(-n2c(=O)[nH]c3csc(C(=O)O)c3c2=O)c(F)cc1O. The Morgan fingerprint density at radius 1 is 1.15 bits per heavy atom. The number of carboxylic acids is 1. The second-order valence-electron chi connectivity index (χ2n) is 6.83. The number of fused-ring (bicyclic) bond motifs is 1. The topological polar surface area (TPSA) is 131 Å². The van der Waals surface area contributed by atoms with Gasteiger partial charge in [-0.3, -0.25) is 4.79 Å². The van der Waals surface area contributed by atoms with Crippen LogP contribution in [0.15, 0.2) is 39.2 Å². The average Bonchev–Trinajstić information content (AvgIpc) is 3.21. The highest BCUT2D eigenvalue weighted by molar-refractivity contribution is 7.13. The summed E-state index contributed by atoms with van der Waals surface area (Å²) >= 11 is 0.700. The van der Waals surface area contributed by atoms with Gasteiger partial charge < -0.3 is 24.7 Å². The molecule has 0 saturated carbocycles. The Morgan fingerprint density at radius 3 is 2.56 bits per heavy atom. The largest absolute Gasteiger partial charge is 0.504 e. The van der Waals surface area contributed by atoms with Gasteiger partial charge in [0, 0.05) is 17.5 Å². The van der Waals surface area contributed by atoms with E-state index in [9.17, 15) is 37.8 Å². The lowest BCUT2D eigenvalue weighted by molar-refractivity contribution is 0.0704. The highest BCUT2D eigenvalue weighted by atomic mass is 32.1. The summed E-state index contributed by atoms with van der Waals surface area (Å²) in [4.78, 5) is 38.8. The molecule has 4 rings (SSSR count). The molecular weight excluding hydrogens is 481 g/mol. The Labute approximate surface area is 190 Å². The van der Waals surface area contributed by atoms with Crippen molar-refractivity contribution in [3.05, 3.63) is 78.4 Å². The number of aromatic carboxylic acids is 1. The molecule has 0 atom stereocenters. The van der Waals surface area contributed by atoms with Crippen LogP contribution in [0.25, 0.3) is 16.6 Å². The smallest absolute Gasteiger partial charge is 0.346 e. The van der Waals surface area contributed by atoms with Gasteiger partial charge >= 0.3 is 11.7 Å².